The lowest BCUT2D eigenvalue weighted by Gasteiger charge is -2.19. The Morgan fingerprint density at radius 3 is 2.59 bits per heavy atom. The zero-order valence-corrected chi connectivity index (χ0v) is 17.8. The van der Waals surface area contributed by atoms with Crippen LogP contribution in [0.5, 0.6) is 0 Å². The van der Waals surface area contributed by atoms with Crippen LogP contribution in [0.25, 0.3) is 5.69 Å². The summed E-state index contributed by atoms with van der Waals surface area (Å²) in [4.78, 5) is 17.3. The molecular weight excluding hydrogens is 413 g/mol. The summed E-state index contributed by atoms with van der Waals surface area (Å²) in [5.41, 5.74) is 1.95. The van der Waals surface area contributed by atoms with E-state index in [1.807, 2.05) is 12.1 Å². The van der Waals surface area contributed by atoms with E-state index in [9.17, 15) is 4.79 Å². The Kier molecular flexibility index (Phi) is 6.56. The average molecular weight is 436 g/mol. The third kappa shape index (κ3) is 4.60. The number of carbonyl (C=O) groups excluding carboxylic acids is 1. The zero-order valence-electron chi connectivity index (χ0n) is 16.2. The maximum Gasteiger partial charge on any atom is 0.261 e. The number of halogens is 2. The van der Waals surface area contributed by atoms with E-state index in [4.69, 9.17) is 11.6 Å². The number of nitrogens with one attached hydrogen (secondary N) is 2. The maximum atomic E-state index is 12.8. The van der Waals surface area contributed by atoms with Gasteiger partial charge < -0.3 is 5.32 Å². The molecular formula is C19H23Cl2N7O. The fraction of sp³-hybridized carbons (Fsp3) is 0.368. The highest BCUT2D eigenvalue weighted by Gasteiger charge is 2.22. The van der Waals surface area contributed by atoms with Crippen LogP contribution in [0.15, 0.2) is 30.5 Å². The molecule has 1 saturated heterocycles. The van der Waals surface area contributed by atoms with Gasteiger partial charge >= 0.3 is 0 Å². The normalized spacial score (nSPS) is 14.4. The van der Waals surface area contributed by atoms with Gasteiger partial charge in [0.25, 0.3) is 5.91 Å². The Bertz CT molecular complexity index is 991. The molecule has 8 nitrogen and oxygen atoms in total. The van der Waals surface area contributed by atoms with Crippen molar-refractivity contribution in [3.8, 4) is 5.69 Å². The molecule has 2 N–H and O–H groups in total. The summed E-state index contributed by atoms with van der Waals surface area (Å²) in [7, 11) is 1.79. The quantitative estimate of drug-likeness (QED) is 0.656. The van der Waals surface area contributed by atoms with Gasteiger partial charge in [0, 0.05) is 24.2 Å². The summed E-state index contributed by atoms with van der Waals surface area (Å²) in [6.45, 7) is 3.74. The largest absolute Gasteiger partial charge is 0.317 e. The number of aryl methyl sites for hydroxylation is 2. The molecule has 1 fully saturated rings. The van der Waals surface area contributed by atoms with E-state index in [0.29, 0.717) is 28.1 Å². The van der Waals surface area contributed by atoms with Crippen molar-refractivity contribution in [3.63, 3.8) is 0 Å². The van der Waals surface area contributed by atoms with Crippen LogP contribution in [0, 0.1) is 6.92 Å². The van der Waals surface area contributed by atoms with E-state index >= 15 is 0 Å². The van der Waals surface area contributed by atoms with Gasteiger partial charge in [-0.15, -0.1) is 12.4 Å². The smallest absolute Gasteiger partial charge is 0.261 e. The molecule has 2 aromatic heterocycles. The molecule has 0 unspecified atom stereocenters. The van der Waals surface area contributed by atoms with Crippen LogP contribution in [0.4, 0.5) is 5.95 Å². The van der Waals surface area contributed by atoms with Crippen LogP contribution in [0.3, 0.4) is 0 Å². The summed E-state index contributed by atoms with van der Waals surface area (Å²) >= 11 is 5.94. The topological polar surface area (TPSA) is 89.7 Å². The van der Waals surface area contributed by atoms with E-state index in [0.717, 1.165) is 37.4 Å². The van der Waals surface area contributed by atoms with E-state index in [-0.39, 0.29) is 18.3 Å². The predicted octanol–water partition coefficient (Wildman–Crippen LogP) is 3.10. The third-order valence-electron chi connectivity index (χ3n) is 4.94. The Morgan fingerprint density at radius 2 is 1.90 bits per heavy atom. The molecule has 0 spiro atoms. The number of hydrogen-bond acceptors (Lipinski definition) is 5. The molecule has 29 heavy (non-hydrogen) atoms. The Morgan fingerprint density at radius 1 is 1.21 bits per heavy atom. The highest BCUT2D eigenvalue weighted by Crippen LogP contribution is 2.23. The van der Waals surface area contributed by atoms with Crippen molar-refractivity contribution in [1.82, 2.24) is 29.9 Å². The molecule has 1 amide bonds. The minimum atomic E-state index is -0.259. The zero-order chi connectivity index (χ0) is 19.7. The minimum absolute atomic E-state index is 0. The van der Waals surface area contributed by atoms with Gasteiger partial charge in [-0.1, -0.05) is 11.6 Å². The summed E-state index contributed by atoms with van der Waals surface area (Å²) in [6, 6.07) is 7.28. The first kappa shape index (κ1) is 21.3. The first-order valence-electron chi connectivity index (χ1n) is 9.26. The number of rotatable bonds is 4. The molecule has 1 aliphatic heterocycles. The lowest BCUT2D eigenvalue weighted by molar-refractivity contribution is 0.102. The van der Waals surface area contributed by atoms with Crippen molar-refractivity contribution >= 4 is 35.9 Å². The van der Waals surface area contributed by atoms with Gasteiger partial charge in [-0.25, -0.2) is 9.36 Å². The fourth-order valence-corrected chi connectivity index (χ4v) is 3.47. The first-order valence-corrected chi connectivity index (χ1v) is 9.64. The molecule has 0 aliphatic carbocycles. The van der Waals surface area contributed by atoms with E-state index in [1.54, 1.807) is 41.7 Å². The summed E-state index contributed by atoms with van der Waals surface area (Å²) in [5.74, 6) is 1.29. The van der Waals surface area contributed by atoms with Crippen LogP contribution in [0.2, 0.25) is 5.02 Å². The number of amides is 1. The molecule has 3 heterocycles. The molecule has 154 valence electrons. The van der Waals surface area contributed by atoms with Gasteiger partial charge in [-0.3, -0.25) is 10.1 Å². The lowest BCUT2D eigenvalue weighted by Crippen LogP contribution is -2.27. The molecule has 1 aromatic carbocycles. The van der Waals surface area contributed by atoms with Crippen molar-refractivity contribution in [2.75, 3.05) is 18.4 Å². The number of piperidine rings is 1. The second-order valence-electron chi connectivity index (χ2n) is 6.94. The standard InChI is InChI=1S/C19H22ClN7O.ClH/c1-12-16(11-27(24-12)15-5-3-14(20)4-6-15)18(28)23-19-22-17(25-26(19)2)13-7-9-21-10-8-13;/h3-6,11,13,21H,7-10H2,1-2H3,(H,22,23,25,28);1H. The fourth-order valence-electron chi connectivity index (χ4n) is 3.34. The van der Waals surface area contributed by atoms with Crippen molar-refractivity contribution in [1.29, 1.82) is 0 Å². The minimum Gasteiger partial charge on any atom is -0.317 e. The van der Waals surface area contributed by atoms with Gasteiger partial charge in [0.2, 0.25) is 5.95 Å². The van der Waals surface area contributed by atoms with E-state index in [1.165, 1.54) is 0 Å². The molecule has 0 radical (unpaired) electrons. The monoisotopic (exact) mass is 435 g/mol. The Balaban J connectivity index is 0.00000240. The SMILES string of the molecule is Cc1nn(-c2ccc(Cl)cc2)cc1C(=O)Nc1nc(C2CCNCC2)nn1C.Cl. The van der Waals surface area contributed by atoms with Crippen molar-refractivity contribution in [2.24, 2.45) is 7.05 Å². The van der Waals surface area contributed by atoms with Gasteiger partial charge in [-0.05, 0) is 57.1 Å². The molecule has 10 heteroatoms. The number of carbonyl (C=O) groups is 1. The summed E-state index contributed by atoms with van der Waals surface area (Å²) in [5, 5.41) is 15.8. The van der Waals surface area contributed by atoms with Gasteiger partial charge in [0.15, 0.2) is 5.82 Å². The third-order valence-corrected chi connectivity index (χ3v) is 5.20. The number of nitrogens with zero attached hydrogens (tertiary/aromatic N) is 5. The van der Waals surface area contributed by atoms with Crippen LogP contribution in [-0.4, -0.2) is 43.5 Å². The predicted molar refractivity (Wildman–Crippen MR) is 114 cm³/mol. The number of benzene rings is 1. The van der Waals surface area contributed by atoms with Crippen molar-refractivity contribution in [2.45, 2.75) is 25.7 Å². The van der Waals surface area contributed by atoms with Gasteiger partial charge in [-0.2, -0.15) is 15.2 Å². The van der Waals surface area contributed by atoms with Crippen molar-refractivity contribution < 1.29 is 4.79 Å². The highest BCUT2D eigenvalue weighted by atomic mass is 35.5. The maximum absolute atomic E-state index is 12.8. The Hall–Kier alpha value is -2.42. The van der Waals surface area contributed by atoms with E-state index in [2.05, 4.69) is 25.8 Å². The summed E-state index contributed by atoms with van der Waals surface area (Å²) < 4.78 is 3.28. The first-order chi connectivity index (χ1) is 13.5. The van der Waals surface area contributed by atoms with Crippen LogP contribution < -0.4 is 10.6 Å². The molecule has 0 bridgehead atoms. The summed E-state index contributed by atoms with van der Waals surface area (Å²) in [6.07, 6.45) is 3.72. The molecule has 1 aliphatic rings. The van der Waals surface area contributed by atoms with Gasteiger partial charge in [0.05, 0.1) is 16.9 Å². The number of anilines is 1. The number of aromatic nitrogens is 5. The second-order valence-corrected chi connectivity index (χ2v) is 7.38. The molecule has 0 saturated carbocycles. The molecule has 3 aromatic rings. The lowest BCUT2D eigenvalue weighted by atomic mass is 9.98. The number of hydrogen-bond donors (Lipinski definition) is 2. The Labute approximate surface area is 180 Å². The van der Waals surface area contributed by atoms with Crippen LogP contribution in [0.1, 0.15) is 40.6 Å². The van der Waals surface area contributed by atoms with Crippen LogP contribution >= 0.6 is 24.0 Å². The molecule has 4 rings (SSSR count). The second kappa shape index (κ2) is 8.94. The van der Waals surface area contributed by atoms with Gasteiger partial charge in [0.1, 0.15) is 0 Å². The van der Waals surface area contributed by atoms with Crippen LogP contribution in [-0.2, 0) is 7.05 Å². The molecule has 0 atom stereocenters. The average Bonchev–Trinajstić information content (AvgIpc) is 3.26. The highest BCUT2D eigenvalue weighted by molar-refractivity contribution is 6.30. The van der Waals surface area contributed by atoms with E-state index < -0.39 is 0 Å². The van der Waals surface area contributed by atoms with Crippen molar-refractivity contribution in [3.05, 3.63) is 52.6 Å².